The number of piperazine rings is 1. The molecule has 2 aliphatic rings. The number of anilines is 1. The molecule has 0 saturated carbocycles. The quantitative estimate of drug-likeness (QED) is 0.783. The number of ether oxygens (including phenoxy) is 1. The Morgan fingerprint density at radius 1 is 1.47 bits per heavy atom. The van der Waals surface area contributed by atoms with Crippen LogP contribution >= 0.6 is 0 Å². The molecule has 1 aromatic carbocycles. The van der Waals surface area contributed by atoms with E-state index in [1.807, 2.05) is 12.1 Å². The summed E-state index contributed by atoms with van der Waals surface area (Å²) in [5.74, 6) is 1.05. The number of methoxy groups -OCH3 is 1. The Hall–Kier alpha value is -1.71. The van der Waals surface area contributed by atoms with Crippen molar-refractivity contribution in [3.05, 3.63) is 23.8 Å². The fourth-order valence-electron chi connectivity index (χ4n) is 2.80. The van der Waals surface area contributed by atoms with E-state index in [0.717, 1.165) is 30.8 Å². The number of carbonyl (C=O) groups excluding carboxylic acids is 1. The van der Waals surface area contributed by atoms with Crippen molar-refractivity contribution in [2.24, 2.45) is 0 Å². The third-order valence-electron chi connectivity index (χ3n) is 3.65. The van der Waals surface area contributed by atoms with Crippen molar-refractivity contribution >= 4 is 11.6 Å². The van der Waals surface area contributed by atoms with E-state index in [1.165, 1.54) is 5.56 Å². The first-order valence-corrected chi connectivity index (χ1v) is 5.99. The molecule has 1 aromatic rings. The summed E-state index contributed by atoms with van der Waals surface area (Å²) in [5.41, 5.74) is 2.40. The molecule has 4 heteroatoms. The lowest BCUT2D eigenvalue weighted by atomic mass is 9.93. The van der Waals surface area contributed by atoms with Crippen LogP contribution in [0.25, 0.3) is 0 Å². The van der Waals surface area contributed by atoms with Gasteiger partial charge in [-0.25, -0.2) is 0 Å². The number of fused-ring (bicyclic) bond motifs is 3. The Morgan fingerprint density at radius 2 is 2.35 bits per heavy atom. The smallest absolute Gasteiger partial charge is 0.239 e. The Balaban J connectivity index is 2.02. The summed E-state index contributed by atoms with van der Waals surface area (Å²) < 4.78 is 5.39. The molecule has 0 aliphatic carbocycles. The Bertz CT molecular complexity index is 459. The number of nitrogens with one attached hydrogen (secondary N) is 1. The number of nitrogens with zero attached hydrogens (tertiary/aromatic N) is 1. The zero-order valence-corrected chi connectivity index (χ0v) is 9.90. The van der Waals surface area contributed by atoms with E-state index >= 15 is 0 Å². The van der Waals surface area contributed by atoms with Gasteiger partial charge in [0.05, 0.1) is 13.7 Å². The van der Waals surface area contributed by atoms with Gasteiger partial charge in [0.2, 0.25) is 5.91 Å². The molecule has 1 unspecified atom stereocenters. The van der Waals surface area contributed by atoms with Crippen LogP contribution in [0, 0.1) is 0 Å². The van der Waals surface area contributed by atoms with Gasteiger partial charge >= 0.3 is 0 Å². The molecule has 1 atom stereocenters. The van der Waals surface area contributed by atoms with Crippen molar-refractivity contribution in [1.29, 1.82) is 0 Å². The molecule has 2 aliphatic heterocycles. The van der Waals surface area contributed by atoms with E-state index in [4.69, 9.17) is 4.74 Å². The third-order valence-corrected chi connectivity index (χ3v) is 3.65. The lowest BCUT2D eigenvalue weighted by molar-refractivity contribution is -0.120. The van der Waals surface area contributed by atoms with Gasteiger partial charge in [-0.2, -0.15) is 0 Å². The largest absolute Gasteiger partial charge is 0.496 e. The molecule has 4 nitrogen and oxygen atoms in total. The molecular weight excluding hydrogens is 216 g/mol. The molecule has 1 fully saturated rings. The molecule has 17 heavy (non-hydrogen) atoms. The van der Waals surface area contributed by atoms with E-state index in [1.54, 1.807) is 7.11 Å². The Kier molecular flexibility index (Phi) is 2.42. The van der Waals surface area contributed by atoms with Crippen LogP contribution in [-0.4, -0.2) is 32.1 Å². The predicted octanol–water partition coefficient (Wildman–Crippen LogP) is 0.946. The summed E-state index contributed by atoms with van der Waals surface area (Å²) in [4.78, 5) is 13.7. The highest BCUT2D eigenvalue weighted by molar-refractivity contribution is 5.84. The van der Waals surface area contributed by atoms with Crippen molar-refractivity contribution in [1.82, 2.24) is 5.32 Å². The van der Waals surface area contributed by atoms with Crippen LogP contribution in [0.3, 0.4) is 0 Å². The van der Waals surface area contributed by atoms with Crippen LogP contribution in [0.1, 0.15) is 12.0 Å². The fourth-order valence-corrected chi connectivity index (χ4v) is 2.80. The lowest BCUT2D eigenvalue weighted by Crippen LogP contribution is -2.56. The molecule has 2 heterocycles. The van der Waals surface area contributed by atoms with Gasteiger partial charge < -0.3 is 15.0 Å². The van der Waals surface area contributed by atoms with Crippen molar-refractivity contribution in [2.45, 2.75) is 18.9 Å². The highest BCUT2D eigenvalue weighted by atomic mass is 16.5. The number of hydrogen-bond acceptors (Lipinski definition) is 3. The molecule has 1 N–H and O–H groups in total. The molecule has 90 valence electrons. The highest BCUT2D eigenvalue weighted by Crippen LogP contribution is 2.36. The van der Waals surface area contributed by atoms with Gasteiger partial charge in [0.1, 0.15) is 5.75 Å². The summed E-state index contributed by atoms with van der Waals surface area (Å²) >= 11 is 0. The molecular formula is C13H16N2O2. The number of carbonyl (C=O) groups is 1. The first kappa shape index (κ1) is 10.4. The SMILES string of the molecule is COc1cccc2c1CCC1CNC(=O)CN21. The molecule has 0 aromatic heterocycles. The van der Waals surface area contributed by atoms with E-state index < -0.39 is 0 Å². The van der Waals surface area contributed by atoms with Crippen LogP contribution in [0.4, 0.5) is 5.69 Å². The van der Waals surface area contributed by atoms with Gasteiger partial charge in [-0.1, -0.05) is 6.07 Å². The van der Waals surface area contributed by atoms with E-state index in [2.05, 4.69) is 16.3 Å². The summed E-state index contributed by atoms with van der Waals surface area (Å²) in [6.45, 7) is 1.22. The minimum absolute atomic E-state index is 0.108. The zero-order valence-electron chi connectivity index (χ0n) is 9.90. The monoisotopic (exact) mass is 232 g/mol. The molecule has 0 bridgehead atoms. The Morgan fingerprint density at radius 3 is 3.18 bits per heavy atom. The van der Waals surface area contributed by atoms with Crippen LogP contribution in [0.15, 0.2) is 18.2 Å². The molecule has 0 spiro atoms. The maximum Gasteiger partial charge on any atom is 0.239 e. The van der Waals surface area contributed by atoms with Crippen LogP contribution in [0.2, 0.25) is 0 Å². The molecule has 1 amide bonds. The normalized spacial score (nSPS) is 22.5. The fraction of sp³-hybridized carbons (Fsp3) is 0.462. The minimum Gasteiger partial charge on any atom is -0.496 e. The first-order valence-electron chi connectivity index (χ1n) is 5.99. The van der Waals surface area contributed by atoms with Crippen molar-refractivity contribution in [2.75, 3.05) is 25.1 Å². The topological polar surface area (TPSA) is 41.6 Å². The average molecular weight is 232 g/mol. The summed E-state index contributed by atoms with van der Waals surface area (Å²) in [6.07, 6.45) is 2.10. The van der Waals surface area contributed by atoms with Gasteiger partial charge in [-0.15, -0.1) is 0 Å². The van der Waals surface area contributed by atoms with Gasteiger partial charge in [0.25, 0.3) is 0 Å². The first-order chi connectivity index (χ1) is 8.29. The van der Waals surface area contributed by atoms with E-state index in [9.17, 15) is 4.79 Å². The third kappa shape index (κ3) is 1.64. The van der Waals surface area contributed by atoms with Crippen LogP contribution in [0.5, 0.6) is 5.75 Å². The van der Waals surface area contributed by atoms with Crippen molar-refractivity contribution < 1.29 is 9.53 Å². The number of amides is 1. The second-order valence-electron chi connectivity index (χ2n) is 4.58. The van der Waals surface area contributed by atoms with Crippen molar-refractivity contribution in [3.63, 3.8) is 0 Å². The van der Waals surface area contributed by atoms with E-state index in [0.29, 0.717) is 12.6 Å². The second kappa shape index (κ2) is 3.95. The minimum atomic E-state index is 0.108. The van der Waals surface area contributed by atoms with Crippen LogP contribution in [-0.2, 0) is 11.2 Å². The number of benzene rings is 1. The van der Waals surface area contributed by atoms with Gasteiger partial charge in [-0.05, 0) is 25.0 Å². The van der Waals surface area contributed by atoms with Gasteiger partial charge in [0, 0.05) is 23.8 Å². The second-order valence-corrected chi connectivity index (χ2v) is 4.58. The molecule has 0 radical (unpaired) electrons. The maximum atomic E-state index is 11.5. The van der Waals surface area contributed by atoms with Crippen LogP contribution < -0.4 is 15.0 Å². The van der Waals surface area contributed by atoms with Gasteiger partial charge in [-0.3, -0.25) is 4.79 Å². The average Bonchev–Trinajstić information content (AvgIpc) is 2.37. The van der Waals surface area contributed by atoms with Crippen molar-refractivity contribution in [3.8, 4) is 5.75 Å². The standard InChI is InChI=1S/C13H16N2O2/c1-17-12-4-2-3-11-10(12)6-5-9-7-14-13(16)8-15(9)11/h2-4,9H,5-8H2,1H3,(H,14,16). The number of hydrogen-bond donors (Lipinski definition) is 1. The highest BCUT2D eigenvalue weighted by Gasteiger charge is 2.32. The Labute approximate surface area is 101 Å². The molecule has 1 saturated heterocycles. The van der Waals surface area contributed by atoms with Gasteiger partial charge in [0.15, 0.2) is 0 Å². The summed E-state index contributed by atoms with van der Waals surface area (Å²) in [5, 5.41) is 2.93. The zero-order chi connectivity index (χ0) is 11.8. The lowest BCUT2D eigenvalue weighted by Gasteiger charge is -2.41. The number of rotatable bonds is 1. The summed E-state index contributed by atoms with van der Waals surface area (Å²) in [6, 6.07) is 6.51. The predicted molar refractivity (Wildman–Crippen MR) is 65.5 cm³/mol. The summed E-state index contributed by atoms with van der Waals surface area (Å²) in [7, 11) is 1.70. The molecule has 3 rings (SSSR count). The maximum absolute atomic E-state index is 11.5. The van der Waals surface area contributed by atoms with E-state index in [-0.39, 0.29) is 5.91 Å².